The van der Waals surface area contributed by atoms with Crippen molar-refractivity contribution >= 4 is 11.4 Å². The number of hydrogen-bond acceptors (Lipinski definition) is 15. The fourth-order valence-corrected chi connectivity index (χ4v) is 3.58. The molecule has 1 aliphatic rings. The second-order valence-electron chi connectivity index (χ2n) is 8.68. The molecule has 0 saturated carbocycles. The normalized spacial score (nSPS) is 14.1. The van der Waals surface area contributed by atoms with Gasteiger partial charge in [0.25, 0.3) is 0 Å². The van der Waals surface area contributed by atoms with Gasteiger partial charge in [0.2, 0.25) is 0 Å². The molecule has 0 unspecified atom stereocenters. The fraction of sp³-hybridized carbons (Fsp3) is 0.500. The molecule has 0 bridgehead atoms. The van der Waals surface area contributed by atoms with Gasteiger partial charge in [-0.2, -0.15) is 10.5 Å². The molecule has 0 amide bonds. The number of rotatable bonds is 4. The molecule has 3 rings (SSSR count). The van der Waals surface area contributed by atoms with Crippen LogP contribution in [0.4, 0.5) is 11.4 Å². The third kappa shape index (κ3) is 29.8. The summed E-state index contributed by atoms with van der Waals surface area (Å²) < 4.78 is 17.5. The van der Waals surface area contributed by atoms with Crippen molar-refractivity contribution in [2.75, 3.05) is 77.3 Å². The van der Waals surface area contributed by atoms with Gasteiger partial charge in [-0.05, 0) is 23.3 Å². The van der Waals surface area contributed by atoms with Crippen molar-refractivity contribution < 1.29 is 41.2 Å². The Bertz CT molecular complexity index is 1060. The minimum atomic E-state index is -1.75. The molecule has 0 aromatic heterocycles. The molecule has 2 aromatic rings. The summed E-state index contributed by atoms with van der Waals surface area (Å²) in [6.07, 6.45) is 0. The molecule has 1 fully saturated rings. The van der Waals surface area contributed by atoms with Crippen molar-refractivity contribution in [3.05, 3.63) is 90.3 Å². The number of nitrogens with two attached hydrogens (primary N) is 2. The zero-order valence-electron chi connectivity index (χ0n) is 25.9. The number of anilines is 2. The Morgan fingerprint density at radius 1 is 0.652 bits per heavy atom. The number of nitrogens with zero attached hydrogens (tertiary/aromatic N) is 6. The van der Waals surface area contributed by atoms with Gasteiger partial charge in [0, 0.05) is 64.5 Å². The number of hydrogen-bond donors (Lipinski definition) is 2. The van der Waals surface area contributed by atoms with Gasteiger partial charge in [0.05, 0.1) is 62.0 Å². The van der Waals surface area contributed by atoms with Gasteiger partial charge in [-0.25, -0.2) is 0 Å². The molecule has 18 heteroatoms. The molecule has 0 aliphatic carbocycles. The largest absolute Gasteiger partial charge is 2.00 e. The van der Waals surface area contributed by atoms with Crippen LogP contribution in [-0.4, -0.2) is 85.8 Å². The third-order valence-corrected chi connectivity index (χ3v) is 5.48. The van der Waals surface area contributed by atoms with E-state index < -0.39 is 10.2 Å². The Labute approximate surface area is 279 Å². The van der Waals surface area contributed by atoms with Gasteiger partial charge in [0.1, 0.15) is 0 Å². The van der Waals surface area contributed by atoms with E-state index in [1.54, 1.807) is 12.1 Å². The van der Waals surface area contributed by atoms with Gasteiger partial charge in [0.15, 0.2) is 0 Å². The van der Waals surface area contributed by atoms with Gasteiger partial charge in [-0.1, -0.05) is 36.4 Å². The maximum atomic E-state index is 8.25. The Kier molecular flexibility index (Phi) is 32.2. The first-order chi connectivity index (χ1) is 21.5. The van der Waals surface area contributed by atoms with E-state index in [4.69, 9.17) is 66.8 Å². The summed E-state index contributed by atoms with van der Waals surface area (Å²) >= 11 is 0. The molecular weight excluding hydrogens is 651 g/mol. The van der Waals surface area contributed by atoms with Crippen molar-refractivity contribution in [2.24, 2.45) is 0 Å². The SMILES string of the molecule is CC#N.CC#N.Nc1ccccc1CN1CCOCCOCCN(Cc2ccccc2N)CCOCC1.O=[N+]([O-])[O-].O=[N+]([O-])[O-].[Co+2]. The summed E-state index contributed by atoms with van der Waals surface area (Å²) in [5.41, 5.74) is 16.2. The van der Waals surface area contributed by atoms with Gasteiger partial charge in [-0.15, -0.1) is 0 Å². The molecule has 4 N–H and O–H groups in total. The molecule has 2 aromatic carbocycles. The maximum absolute atomic E-state index is 8.25. The van der Waals surface area contributed by atoms with E-state index in [9.17, 15) is 0 Å². The van der Waals surface area contributed by atoms with Crippen molar-refractivity contribution in [1.82, 2.24) is 9.80 Å². The first-order valence-corrected chi connectivity index (χ1v) is 13.6. The van der Waals surface area contributed by atoms with Crippen molar-refractivity contribution in [3.8, 4) is 12.1 Å². The second kappa shape index (κ2) is 32.1. The van der Waals surface area contributed by atoms with Crippen LogP contribution in [0.3, 0.4) is 0 Å². The average molecular weight is 694 g/mol. The molecule has 0 atom stereocenters. The quantitative estimate of drug-likeness (QED) is 0.265. The molecule has 46 heavy (non-hydrogen) atoms. The van der Waals surface area contributed by atoms with Crippen LogP contribution in [0, 0.1) is 53.3 Å². The molecule has 1 radical (unpaired) electrons. The minimum Gasteiger partial charge on any atom is -0.398 e. The molecule has 1 heterocycles. The summed E-state index contributed by atoms with van der Waals surface area (Å²) in [5, 5.41) is 44.1. The predicted octanol–water partition coefficient (Wildman–Crippen LogP) is 2.80. The smallest absolute Gasteiger partial charge is 0.398 e. The van der Waals surface area contributed by atoms with Crippen LogP contribution in [-0.2, 0) is 44.1 Å². The van der Waals surface area contributed by atoms with Crippen LogP contribution in [0.2, 0.25) is 0 Å². The van der Waals surface area contributed by atoms with Crippen LogP contribution in [0.25, 0.3) is 0 Å². The molecule has 1 saturated heterocycles. The Balaban J connectivity index is -0.00000105. The number of ether oxygens (including phenoxy) is 3. The topological polar surface area (TPSA) is 266 Å². The molecule has 1 aliphatic heterocycles. The molecular formula is C28H42CoN8O9. The first kappa shape index (κ1) is 46.1. The summed E-state index contributed by atoms with van der Waals surface area (Å²) in [7, 11) is 0. The Hall–Kier alpha value is -4.27. The van der Waals surface area contributed by atoms with E-state index in [2.05, 4.69) is 21.9 Å². The molecule has 0 spiro atoms. The van der Waals surface area contributed by atoms with Gasteiger partial charge >= 0.3 is 16.8 Å². The zero-order chi connectivity index (χ0) is 34.3. The maximum Gasteiger partial charge on any atom is 2.00 e. The van der Waals surface area contributed by atoms with Crippen molar-refractivity contribution in [3.63, 3.8) is 0 Å². The van der Waals surface area contributed by atoms with E-state index in [1.807, 2.05) is 36.4 Å². The Morgan fingerprint density at radius 2 is 0.891 bits per heavy atom. The van der Waals surface area contributed by atoms with Crippen molar-refractivity contribution in [2.45, 2.75) is 26.9 Å². The molecule has 17 nitrogen and oxygen atoms in total. The number of nitrogen functional groups attached to an aromatic ring is 2. The van der Waals surface area contributed by atoms with E-state index in [0.29, 0.717) is 39.6 Å². The number of nitriles is 2. The standard InChI is InChI=1S/C24H36N4O3.2C2H3N.Co.2NO3/c25-23-7-3-1-5-21(23)19-27-9-13-29-14-10-28(12-16-31-18-17-30-15-11-27)20-22-6-2-4-8-24(22)26;2*1-2-3;;2*2-1(3)4/h1-8H,9-20,25-26H2;2*1H3;;;/q;;;+2;2*-1. The predicted molar refractivity (Wildman–Crippen MR) is 168 cm³/mol. The summed E-state index contributed by atoms with van der Waals surface area (Å²) in [5.74, 6) is 0. The first-order valence-electron chi connectivity index (χ1n) is 13.6. The van der Waals surface area contributed by atoms with Crippen LogP contribution < -0.4 is 11.5 Å². The third-order valence-electron chi connectivity index (χ3n) is 5.48. The fourth-order valence-electron chi connectivity index (χ4n) is 3.58. The van der Waals surface area contributed by atoms with Crippen LogP contribution in [0.15, 0.2) is 48.5 Å². The molecule has 257 valence electrons. The van der Waals surface area contributed by atoms with Crippen LogP contribution >= 0.6 is 0 Å². The Morgan fingerprint density at radius 3 is 1.15 bits per heavy atom. The monoisotopic (exact) mass is 693 g/mol. The average Bonchev–Trinajstić information content (AvgIpc) is 2.97. The number of benzene rings is 2. The van der Waals surface area contributed by atoms with E-state index >= 15 is 0 Å². The summed E-state index contributed by atoms with van der Waals surface area (Å²) in [4.78, 5) is 21.2. The van der Waals surface area contributed by atoms with E-state index in [1.165, 1.54) is 13.8 Å². The minimum absolute atomic E-state index is 0. The second-order valence-corrected chi connectivity index (χ2v) is 8.68. The summed E-state index contributed by atoms with van der Waals surface area (Å²) in [6.45, 7) is 11.6. The summed E-state index contributed by atoms with van der Waals surface area (Å²) in [6, 6.07) is 19.5. The van der Waals surface area contributed by atoms with Crippen LogP contribution in [0.1, 0.15) is 25.0 Å². The van der Waals surface area contributed by atoms with Gasteiger partial charge in [-0.3, -0.25) is 9.80 Å². The zero-order valence-corrected chi connectivity index (χ0v) is 27.0. The van der Waals surface area contributed by atoms with Crippen molar-refractivity contribution in [1.29, 1.82) is 10.5 Å². The van der Waals surface area contributed by atoms with Crippen LogP contribution in [0.5, 0.6) is 0 Å². The van der Waals surface area contributed by atoms with E-state index in [0.717, 1.165) is 61.8 Å². The van der Waals surface area contributed by atoms with Gasteiger partial charge < -0.3 is 56.3 Å². The number of para-hydroxylation sites is 2. The van der Waals surface area contributed by atoms with E-state index in [-0.39, 0.29) is 16.8 Å².